The molecule has 2 rings (SSSR count). The van der Waals surface area contributed by atoms with Gasteiger partial charge in [-0.1, -0.05) is 35.9 Å². The van der Waals surface area contributed by atoms with Gasteiger partial charge in [0.25, 0.3) is 5.69 Å². The number of rotatable bonds is 8. The highest BCUT2D eigenvalue weighted by molar-refractivity contribution is 7.92. The molecule has 0 aliphatic rings. The van der Waals surface area contributed by atoms with Gasteiger partial charge in [-0.2, -0.15) is 0 Å². The van der Waals surface area contributed by atoms with Crippen LogP contribution >= 0.6 is 0 Å². The number of aryl methyl sites for hydroxylation is 1. The van der Waals surface area contributed by atoms with E-state index in [1.165, 1.54) is 30.3 Å². The number of carbonyl (C=O) groups is 1. The zero-order chi connectivity index (χ0) is 19.9. The van der Waals surface area contributed by atoms with Gasteiger partial charge in [-0.15, -0.1) is 0 Å². The molecule has 2 aromatic rings. The number of sulfonamides is 1. The van der Waals surface area contributed by atoms with Crippen molar-refractivity contribution in [3.8, 4) is 0 Å². The van der Waals surface area contributed by atoms with E-state index in [0.717, 1.165) is 16.5 Å². The van der Waals surface area contributed by atoms with E-state index in [1.54, 1.807) is 12.1 Å². The van der Waals surface area contributed by atoms with Gasteiger partial charge in [-0.3, -0.25) is 14.9 Å². The van der Waals surface area contributed by atoms with Crippen molar-refractivity contribution in [2.75, 3.05) is 11.9 Å². The van der Waals surface area contributed by atoms with E-state index in [9.17, 15) is 23.3 Å². The molecule has 2 aromatic carbocycles. The lowest BCUT2D eigenvalue weighted by atomic mass is 10.2. The van der Waals surface area contributed by atoms with Crippen molar-refractivity contribution in [3.63, 3.8) is 0 Å². The molecule has 0 saturated heterocycles. The molecule has 9 heteroatoms. The molecule has 142 valence electrons. The predicted molar refractivity (Wildman–Crippen MR) is 103 cm³/mol. The van der Waals surface area contributed by atoms with E-state index in [2.05, 4.69) is 10.0 Å². The zero-order valence-electron chi connectivity index (χ0n) is 14.6. The molecule has 0 atom stereocenters. The minimum Gasteiger partial charge on any atom is -0.326 e. The number of benzene rings is 2. The Hall–Kier alpha value is -3.04. The topological polar surface area (TPSA) is 118 Å². The van der Waals surface area contributed by atoms with Crippen LogP contribution < -0.4 is 10.0 Å². The maximum absolute atomic E-state index is 11.9. The standard InChI is InChI=1S/C18H19N3O5S/c1-14-5-7-15(8-6-14)10-12-27(25,26)19-11-9-18(22)20-16-3-2-4-17(13-16)21(23)24/h2-8,10,12-13,19H,9,11H2,1H3,(H,20,22)/b12-10+. The molecule has 0 unspecified atom stereocenters. The van der Waals surface area contributed by atoms with Crippen LogP contribution in [0, 0.1) is 17.0 Å². The van der Waals surface area contributed by atoms with Crippen molar-refractivity contribution in [2.45, 2.75) is 13.3 Å². The van der Waals surface area contributed by atoms with Crippen LogP contribution in [0.2, 0.25) is 0 Å². The number of nitro benzene ring substituents is 1. The normalized spacial score (nSPS) is 11.4. The van der Waals surface area contributed by atoms with Crippen molar-refractivity contribution in [3.05, 3.63) is 75.2 Å². The molecular formula is C18H19N3O5S. The van der Waals surface area contributed by atoms with Crippen LogP contribution in [0.1, 0.15) is 17.5 Å². The number of non-ortho nitro benzene ring substituents is 1. The van der Waals surface area contributed by atoms with E-state index in [-0.39, 0.29) is 24.3 Å². The van der Waals surface area contributed by atoms with Crippen LogP contribution in [0.25, 0.3) is 6.08 Å². The molecule has 1 amide bonds. The lowest BCUT2D eigenvalue weighted by Crippen LogP contribution is -2.26. The van der Waals surface area contributed by atoms with E-state index in [4.69, 9.17) is 0 Å². The van der Waals surface area contributed by atoms with Crippen molar-refractivity contribution in [2.24, 2.45) is 0 Å². The van der Waals surface area contributed by atoms with Crippen LogP contribution in [0.15, 0.2) is 53.9 Å². The summed E-state index contributed by atoms with van der Waals surface area (Å²) < 4.78 is 26.2. The van der Waals surface area contributed by atoms with Crippen LogP contribution in [0.3, 0.4) is 0 Å². The number of nitro groups is 1. The largest absolute Gasteiger partial charge is 0.326 e. The summed E-state index contributed by atoms with van der Waals surface area (Å²) in [7, 11) is -3.68. The van der Waals surface area contributed by atoms with Gasteiger partial charge in [-0.05, 0) is 24.6 Å². The highest BCUT2D eigenvalue weighted by Crippen LogP contribution is 2.17. The average Bonchev–Trinajstić information content (AvgIpc) is 2.61. The fourth-order valence-electron chi connectivity index (χ4n) is 2.12. The molecule has 0 heterocycles. The number of anilines is 1. The third-order valence-corrected chi connectivity index (χ3v) is 4.61. The molecule has 0 aliphatic carbocycles. The molecule has 0 aliphatic heterocycles. The number of carbonyl (C=O) groups excluding carboxylic acids is 1. The number of nitrogens with one attached hydrogen (secondary N) is 2. The third-order valence-electron chi connectivity index (χ3n) is 3.51. The molecule has 27 heavy (non-hydrogen) atoms. The first-order chi connectivity index (χ1) is 12.7. The van der Waals surface area contributed by atoms with Crippen LogP contribution in [-0.2, 0) is 14.8 Å². The number of hydrogen-bond donors (Lipinski definition) is 2. The van der Waals surface area contributed by atoms with Crippen molar-refractivity contribution in [1.82, 2.24) is 4.72 Å². The summed E-state index contributed by atoms with van der Waals surface area (Å²) >= 11 is 0. The number of nitrogens with zero attached hydrogens (tertiary/aromatic N) is 1. The van der Waals surface area contributed by atoms with E-state index < -0.39 is 20.9 Å². The average molecular weight is 389 g/mol. The van der Waals surface area contributed by atoms with Crippen molar-refractivity contribution < 1.29 is 18.1 Å². The summed E-state index contributed by atoms with van der Waals surface area (Å²) in [6.45, 7) is 1.84. The summed E-state index contributed by atoms with van der Waals surface area (Å²) in [5.74, 6) is -0.458. The summed E-state index contributed by atoms with van der Waals surface area (Å²) in [6.07, 6.45) is 1.35. The first kappa shape index (κ1) is 20.3. The molecule has 0 bridgehead atoms. The lowest BCUT2D eigenvalue weighted by molar-refractivity contribution is -0.384. The second-order valence-corrected chi connectivity index (χ2v) is 7.41. The second-order valence-electron chi connectivity index (χ2n) is 5.76. The Morgan fingerprint density at radius 3 is 2.56 bits per heavy atom. The summed E-state index contributed by atoms with van der Waals surface area (Å²) in [4.78, 5) is 22.0. The van der Waals surface area contributed by atoms with Gasteiger partial charge in [0.2, 0.25) is 15.9 Å². The zero-order valence-corrected chi connectivity index (χ0v) is 15.4. The van der Waals surface area contributed by atoms with Gasteiger partial charge in [0.15, 0.2) is 0 Å². The van der Waals surface area contributed by atoms with Crippen molar-refractivity contribution in [1.29, 1.82) is 0 Å². The maximum atomic E-state index is 11.9. The maximum Gasteiger partial charge on any atom is 0.271 e. The van der Waals surface area contributed by atoms with Gasteiger partial charge in [0.1, 0.15) is 0 Å². The van der Waals surface area contributed by atoms with Gasteiger partial charge >= 0.3 is 0 Å². The van der Waals surface area contributed by atoms with Gasteiger partial charge in [-0.25, -0.2) is 13.1 Å². The smallest absolute Gasteiger partial charge is 0.271 e. The molecule has 2 N–H and O–H groups in total. The number of amides is 1. The lowest BCUT2D eigenvalue weighted by Gasteiger charge is -2.06. The fourth-order valence-corrected chi connectivity index (χ4v) is 2.94. The predicted octanol–water partition coefficient (Wildman–Crippen LogP) is 2.82. The number of hydrogen-bond acceptors (Lipinski definition) is 5. The van der Waals surface area contributed by atoms with E-state index in [1.807, 2.05) is 19.1 Å². The highest BCUT2D eigenvalue weighted by Gasteiger charge is 2.10. The second kappa shape index (κ2) is 9.06. The molecular weight excluding hydrogens is 370 g/mol. The highest BCUT2D eigenvalue weighted by atomic mass is 32.2. The molecule has 8 nitrogen and oxygen atoms in total. The molecule has 0 aromatic heterocycles. The SMILES string of the molecule is Cc1ccc(/C=C/S(=O)(=O)NCCC(=O)Nc2cccc([N+](=O)[O-])c2)cc1. The Kier molecular flexibility index (Phi) is 6.80. The van der Waals surface area contributed by atoms with Gasteiger partial charge in [0.05, 0.1) is 4.92 Å². The molecule has 0 saturated carbocycles. The van der Waals surface area contributed by atoms with Gasteiger partial charge < -0.3 is 5.32 Å². The fraction of sp³-hybridized carbons (Fsp3) is 0.167. The minimum atomic E-state index is -3.68. The van der Waals surface area contributed by atoms with Crippen LogP contribution in [-0.4, -0.2) is 25.8 Å². The quantitative estimate of drug-likeness (QED) is 0.532. The minimum absolute atomic E-state index is 0.0959. The molecule has 0 radical (unpaired) electrons. The summed E-state index contributed by atoms with van der Waals surface area (Å²) in [5.41, 5.74) is 1.95. The first-order valence-corrected chi connectivity index (χ1v) is 9.58. The van der Waals surface area contributed by atoms with E-state index in [0.29, 0.717) is 0 Å². The first-order valence-electron chi connectivity index (χ1n) is 8.04. The Morgan fingerprint density at radius 1 is 1.19 bits per heavy atom. The Balaban J connectivity index is 1.83. The van der Waals surface area contributed by atoms with Crippen LogP contribution in [0.4, 0.5) is 11.4 Å². The summed E-state index contributed by atoms with van der Waals surface area (Å²) in [5, 5.41) is 14.2. The summed E-state index contributed by atoms with van der Waals surface area (Å²) in [6, 6.07) is 12.8. The third kappa shape index (κ3) is 7.00. The molecule has 0 spiro atoms. The van der Waals surface area contributed by atoms with E-state index >= 15 is 0 Å². The van der Waals surface area contributed by atoms with Gasteiger partial charge in [0, 0.05) is 36.2 Å². The Morgan fingerprint density at radius 2 is 1.89 bits per heavy atom. The molecule has 0 fully saturated rings. The Labute approximate surface area is 157 Å². The Bertz CT molecular complexity index is 953. The van der Waals surface area contributed by atoms with Crippen molar-refractivity contribution >= 4 is 33.4 Å². The monoisotopic (exact) mass is 389 g/mol. The van der Waals surface area contributed by atoms with Crippen LogP contribution in [0.5, 0.6) is 0 Å².